The van der Waals surface area contributed by atoms with Gasteiger partial charge in [-0.1, -0.05) is 81.4 Å². The first-order valence-electron chi connectivity index (χ1n) is 9.37. The lowest BCUT2D eigenvalue weighted by Gasteiger charge is -2.25. The van der Waals surface area contributed by atoms with Gasteiger partial charge in [0.05, 0.1) is 0 Å². The van der Waals surface area contributed by atoms with Crippen LogP contribution in [0.15, 0.2) is 60.7 Å². The number of hydrogen-bond donors (Lipinski definition) is 0. The molecule has 0 N–H and O–H groups in total. The average molecular weight is 338 g/mol. The van der Waals surface area contributed by atoms with Gasteiger partial charge in [0, 0.05) is 32.0 Å². The Morgan fingerprint density at radius 2 is 1.32 bits per heavy atom. The van der Waals surface area contributed by atoms with Crippen molar-refractivity contribution >= 4 is 5.78 Å². The molecule has 0 radical (unpaired) electrons. The molecular formula is C23H31NO. The molecule has 2 rings (SSSR count). The van der Waals surface area contributed by atoms with Crippen molar-refractivity contribution in [3.63, 3.8) is 0 Å². The average Bonchev–Trinajstić information content (AvgIpc) is 2.61. The molecule has 2 aromatic rings. The van der Waals surface area contributed by atoms with E-state index in [1.807, 2.05) is 12.1 Å². The molecule has 25 heavy (non-hydrogen) atoms. The minimum absolute atomic E-state index is 0.0752. The van der Waals surface area contributed by atoms with Crippen LogP contribution < -0.4 is 0 Å². The van der Waals surface area contributed by atoms with E-state index >= 15 is 0 Å². The molecule has 0 saturated heterocycles. The molecular weight excluding hydrogens is 306 g/mol. The van der Waals surface area contributed by atoms with Gasteiger partial charge in [-0.05, 0) is 23.5 Å². The van der Waals surface area contributed by atoms with Gasteiger partial charge < -0.3 is 0 Å². The zero-order valence-corrected chi connectivity index (χ0v) is 15.8. The van der Waals surface area contributed by atoms with Gasteiger partial charge in [-0.15, -0.1) is 0 Å². The Balaban J connectivity index is 2.01. The van der Waals surface area contributed by atoms with Crippen LogP contribution in [-0.4, -0.2) is 17.2 Å². The molecule has 1 unspecified atom stereocenters. The number of hydrogen-bond acceptors (Lipinski definition) is 2. The summed E-state index contributed by atoms with van der Waals surface area (Å²) in [6, 6.07) is 21.0. The molecule has 0 aliphatic heterocycles. The van der Waals surface area contributed by atoms with Crippen molar-refractivity contribution in [1.82, 2.24) is 4.90 Å². The van der Waals surface area contributed by atoms with Crippen LogP contribution in [0.5, 0.6) is 0 Å². The van der Waals surface area contributed by atoms with Crippen molar-refractivity contribution in [1.29, 1.82) is 0 Å². The third kappa shape index (κ3) is 7.23. The van der Waals surface area contributed by atoms with Crippen LogP contribution in [0.3, 0.4) is 0 Å². The number of nitrogens with zero attached hydrogens (tertiary/aromatic N) is 1. The Morgan fingerprint density at radius 3 is 1.76 bits per heavy atom. The first kappa shape index (κ1) is 19.4. The van der Waals surface area contributed by atoms with E-state index in [9.17, 15) is 4.79 Å². The molecule has 0 aromatic heterocycles. The first-order chi connectivity index (χ1) is 12.0. The second-order valence-corrected chi connectivity index (χ2v) is 7.44. The summed E-state index contributed by atoms with van der Waals surface area (Å²) in [5.74, 6) is 1.05. The van der Waals surface area contributed by atoms with Gasteiger partial charge in [0.25, 0.3) is 0 Å². The van der Waals surface area contributed by atoms with Gasteiger partial charge in [-0.3, -0.25) is 9.69 Å². The minimum atomic E-state index is 0.0752. The van der Waals surface area contributed by atoms with Gasteiger partial charge >= 0.3 is 0 Å². The second kappa shape index (κ2) is 10.1. The summed E-state index contributed by atoms with van der Waals surface area (Å²) in [5.41, 5.74) is 2.58. The standard InChI is InChI=1S/C23H31NO/c1-19(2)14-15-23(25)20(3)16-24(17-21-10-6-4-7-11-21)18-22-12-8-5-9-13-22/h4-13,19-20H,14-18H2,1-3H3. The number of benzene rings is 2. The predicted octanol–water partition coefficient (Wildman–Crippen LogP) is 5.33. The highest BCUT2D eigenvalue weighted by Crippen LogP contribution is 2.15. The highest BCUT2D eigenvalue weighted by atomic mass is 16.1. The number of ketones is 1. The maximum atomic E-state index is 12.5. The summed E-state index contributed by atoms with van der Waals surface area (Å²) in [5, 5.41) is 0. The normalized spacial score (nSPS) is 12.5. The Hall–Kier alpha value is -1.93. The molecule has 0 spiro atoms. The Morgan fingerprint density at radius 1 is 0.840 bits per heavy atom. The fourth-order valence-electron chi connectivity index (χ4n) is 3.03. The van der Waals surface area contributed by atoms with Gasteiger partial charge in [0.1, 0.15) is 5.78 Å². The van der Waals surface area contributed by atoms with Gasteiger partial charge in [0.2, 0.25) is 0 Å². The molecule has 2 aromatic carbocycles. The van der Waals surface area contributed by atoms with Crippen molar-refractivity contribution in [2.45, 2.75) is 46.7 Å². The van der Waals surface area contributed by atoms with Crippen molar-refractivity contribution in [2.24, 2.45) is 11.8 Å². The van der Waals surface area contributed by atoms with Crippen LogP contribution in [0.2, 0.25) is 0 Å². The summed E-state index contributed by atoms with van der Waals surface area (Å²) in [6.45, 7) is 8.98. The molecule has 0 fully saturated rings. The van der Waals surface area contributed by atoms with Crippen LogP contribution in [0.1, 0.15) is 44.7 Å². The molecule has 0 aliphatic carbocycles. The van der Waals surface area contributed by atoms with E-state index in [-0.39, 0.29) is 5.92 Å². The molecule has 134 valence electrons. The zero-order valence-electron chi connectivity index (χ0n) is 15.8. The zero-order chi connectivity index (χ0) is 18.1. The quantitative estimate of drug-likeness (QED) is 0.584. The lowest BCUT2D eigenvalue weighted by atomic mass is 9.97. The topological polar surface area (TPSA) is 20.3 Å². The van der Waals surface area contributed by atoms with Crippen LogP contribution in [0.4, 0.5) is 0 Å². The maximum Gasteiger partial charge on any atom is 0.136 e. The number of Topliss-reactive ketones (excluding diaryl/α,β-unsaturated/α-hetero) is 1. The van der Waals surface area contributed by atoms with Gasteiger partial charge in [-0.2, -0.15) is 0 Å². The van der Waals surface area contributed by atoms with E-state index in [2.05, 4.69) is 74.2 Å². The summed E-state index contributed by atoms with van der Waals surface area (Å²) in [4.78, 5) is 14.9. The SMILES string of the molecule is CC(C)CCC(=O)C(C)CN(Cc1ccccc1)Cc1ccccc1. The van der Waals surface area contributed by atoms with E-state index in [1.54, 1.807) is 0 Å². The third-order valence-electron chi connectivity index (χ3n) is 4.55. The van der Waals surface area contributed by atoms with Gasteiger partial charge in [-0.25, -0.2) is 0 Å². The van der Waals surface area contributed by atoms with E-state index in [0.717, 1.165) is 26.1 Å². The van der Waals surface area contributed by atoms with Crippen LogP contribution in [-0.2, 0) is 17.9 Å². The monoisotopic (exact) mass is 337 g/mol. The summed E-state index contributed by atoms with van der Waals surface area (Å²) in [6.07, 6.45) is 1.68. The minimum Gasteiger partial charge on any atom is -0.299 e. The van der Waals surface area contributed by atoms with E-state index in [1.165, 1.54) is 11.1 Å². The molecule has 0 saturated carbocycles. The largest absolute Gasteiger partial charge is 0.299 e. The molecule has 0 bridgehead atoms. The highest BCUT2D eigenvalue weighted by molar-refractivity contribution is 5.80. The molecule has 1 atom stereocenters. The number of rotatable bonds is 10. The molecule has 0 aliphatic rings. The summed E-state index contributed by atoms with van der Waals surface area (Å²) >= 11 is 0. The second-order valence-electron chi connectivity index (χ2n) is 7.44. The van der Waals surface area contributed by atoms with Crippen LogP contribution in [0.25, 0.3) is 0 Å². The van der Waals surface area contributed by atoms with Crippen molar-refractivity contribution < 1.29 is 4.79 Å². The first-order valence-corrected chi connectivity index (χ1v) is 9.37. The van der Waals surface area contributed by atoms with Crippen LogP contribution in [0, 0.1) is 11.8 Å². The lowest BCUT2D eigenvalue weighted by Crippen LogP contribution is -2.31. The molecule has 0 amide bonds. The highest BCUT2D eigenvalue weighted by Gasteiger charge is 2.18. The summed E-state index contributed by atoms with van der Waals surface area (Å²) < 4.78 is 0. The van der Waals surface area contributed by atoms with E-state index < -0.39 is 0 Å². The Labute approximate surface area is 152 Å². The fraction of sp³-hybridized carbons (Fsp3) is 0.435. The lowest BCUT2D eigenvalue weighted by molar-refractivity contribution is -0.123. The van der Waals surface area contributed by atoms with Crippen molar-refractivity contribution in [3.05, 3.63) is 71.8 Å². The number of carbonyl (C=O) groups excluding carboxylic acids is 1. The maximum absolute atomic E-state index is 12.5. The van der Waals surface area contributed by atoms with Crippen molar-refractivity contribution in [3.8, 4) is 0 Å². The predicted molar refractivity (Wildman–Crippen MR) is 105 cm³/mol. The van der Waals surface area contributed by atoms with Crippen molar-refractivity contribution in [2.75, 3.05) is 6.54 Å². The van der Waals surface area contributed by atoms with Crippen LogP contribution >= 0.6 is 0 Å². The third-order valence-corrected chi connectivity index (χ3v) is 4.55. The molecule has 2 heteroatoms. The molecule has 2 nitrogen and oxygen atoms in total. The Kier molecular flexibility index (Phi) is 7.87. The fourth-order valence-corrected chi connectivity index (χ4v) is 3.03. The number of carbonyl (C=O) groups is 1. The molecule has 0 heterocycles. The van der Waals surface area contributed by atoms with Gasteiger partial charge in [0.15, 0.2) is 0 Å². The smallest absolute Gasteiger partial charge is 0.136 e. The van der Waals surface area contributed by atoms with E-state index in [0.29, 0.717) is 18.1 Å². The summed E-state index contributed by atoms with van der Waals surface area (Å²) in [7, 11) is 0. The van der Waals surface area contributed by atoms with E-state index in [4.69, 9.17) is 0 Å². The Bertz CT molecular complexity index is 580.